The predicted molar refractivity (Wildman–Crippen MR) is 82.7 cm³/mol. The van der Waals surface area contributed by atoms with Crippen LogP contribution in [0.3, 0.4) is 0 Å². The number of H-pyrrole nitrogens is 1. The molecule has 0 radical (unpaired) electrons. The summed E-state index contributed by atoms with van der Waals surface area (Å²) in [6.45, 7) is 2.97. The standard InChI is InChI=1S/C13H17N5O2S/c1-3-7-14-10-6-4-5-9(15-10)8-21-13-16-11(19)12(20)17-18(13)2/h4-6H,3,7-8H2,1-2H3,(H,14,15)(H,17,20). The van der Waals surface area contributed by atoms with Crippen LogP contribution in [0.25, 0.3) is 0 Å². The molecular weight excluding hydrogens is 290 g/mol. The zero-order chi connectivity index (χ0) is 15.2. The highest BCUT2D eigenvalue weighted by atomic mass is 32.2. The number of nitrogens with zero attached hydrogens (tertiary/aromatic N) is 3. The van der Waals surface area contributed by atoms with Crippen molar-refractivity contribution in [1.29, 1.82) is 0 Å². The van der Waals surface area contributed by atoms with E-state index < -0.39 is 11.1 Å². The molecule has 0 saturated carbocycles. The van der Waals surface area contributed by atoms with Crippen LogP contribution in [0.4, 0.5) is 5.82 Å². The van der Waals surface area contributed by atoms with Crippen molar-refractivity contribution in [2.75, 3.05) is 11.9 Å². The summed E-state index contributed by atoms with van der Waals surface area (Å²) in [5.41, 5.74) is -0.616. The van der Waals surface area contributed by atoms with Crippen LogP contribution in [0.1, 0.15) is 19.0 Å². The second-order valence-corrected chi connectivity index (χ2v) is 5.37. The molecule has 0 unspecified atom stereocenters. The van der Waals surface area contributed by atoms with Gasteiger partial charge in [0, 0.05) is 19.3 Å². The lowest BCUT2D eigenvalue weighted by Crippen LogP contribution is -2.33. The SMILES string of the molecule is CCCNc1cccc(CSc2nc(=O)c(=O)[nH]n2C)n1. The number of aromatic nitrogens is 4. The molecule has 0 aliphatic rings. The molecule has 21 heavy (non-hydrogen) atoms. The van der Waals surface area contributed by atoms with Crippen LogP contribution < -0.4 is 16.4 Å². The normalized spacial score (nSPS) is 10.6. The van der Waals surface area contributed by atoms with Gasteiger partial charge < -0.3 is 5.32 Å². The average Bonchev–Trinajstić information content (AvgIpc) is 2.48. The van der Waals surface area contributed by atoms with Crippen molar-refractivity contribution in [3.05, 3.63) is 44.6 Å². The maximum atomic E-state index is 11.3. The third kappa shape index (κ3) is 4.19. The summed E-state index contributed by atoms with van der Waals surface area (Å²) in [6, 6.07) is 5.76. The Morgan fingerprint density at radius 2 is 2.14 bits per heavy atom. The Bertz CT molecular complexity index is 725. The number of nitrogens with one attached hydrogen (secondary N) is 2. The van der Waals surface area contributed by atoms with Gasteiger partial charge >= 0.3 is 11.1 Å². The number of hydrogen-bond donors (Lipinski definition) is 2. The molecule has 0 aromatic carbocycles. The first-order valence-corrected chi connectivity index (χ1v) is 7.58. The van der Waals surface area contributed by atoms with Gasteiger partial charge in [-0.05, 0) is 18.6 Å². The van der Waals surface area contributed by atoms with Crippen molar-refractivity contribution in [2.24, 2.45) is 7.05 Å². The molecule has 2 aromatic rings. The lowest BCUT2D eigenvalue weighted by Gasteiger charge is -2.07. The number of rotatable bonds is 6. The molecule has 2 heterocycles. The largest absolute Gasteiger partial charge is 0.370 e. The summed E-state index contributed by atoms with van der Waals surface area (Å²) in [7, 11) is 1.64. The van der Waals surface area contributed by atoms with E-state index in [1.54, 1.807) is 7.05 Å². The minimum absolute atomic E-state index is 0.452. The molecule has 8 heteroatoms. The Morgan fingerprint density at radius 1 is 1.33 bits per heavy atom. The molecule has 0 atom stereocenters. The van der Waals surface area contributed by atoms with E-state index in [-0.39, 0.29) is 0 Å². The first kappa shape index (κ1) is 15.3. The highest BCUT2D eigenvalue weighted by Gasteiger charge is 2.06. The minimum Gasteiger partial charge on any atom is -0.370 e. The van der Waals surface area contributed by atoms with Gasteiger partial charge in [-0.3, -0.25) is 19.4 Å². The summed E-state index contributed by atoms with van der Waals surface area (Å²) >= 11 is 1.35. The van der Waals surface area contributed by atoms with Gasteiger partial charge in [0.05, 0.1) is 5.69 Å². The monoisotopic (exact) mass is 307 g/mol. The quantitative estimate of drug-likeness (QED) is 0.610. The third-order valence-corrected chi connectivity index (χ3v) is 3.72. The van der Waals surface area contributed by atoms with E-state index >= 15 is 0 Å². The fourth-order valence-electron chi connectivity index (χ4n) is 1.64. The molecule has 0 amide bonds. The molecule has 2 aromatic heterocycles. The molecule has 2 N–H and O–H groups in total. The van der Waals surface area contributed by atoms with Crippen LogP contribution in [0.2, 0.25) is 0 Å². The lowest BCUT2D eigenvalue weighted by atomic mass is 10.3. The van der Waals surface area contributed by atoms with E-state index in [1.165, 1.54) is 16.4 Å². The van der Waals surface area contributed by atoms with Crippen LogP contribution in [0.15, 0.2) is 32.9 Å². The van der Waals surface area contributed by atoms with Crippen molar-refractivity contribution in [3.8, 4) is 0 Å². The Labute approximate surface area is 125 Å². The molecule has 0 aliphatic carbocycles. The number of anilines is 1. The van der Waals surface area contributed by atoms with E-state index in [2.05, 4.69) is 27.3 Å². The fraction of sp³-hybridized carbons (Fsp3) is 0.385. The number of hydrogen-bond acceptors (Lipinski definition) is 6. The number of pyridine rings is 1. The van der Waals surface area contributed by atoms with Crippen molar-refractivity contribution >= 4 is 17.6 Å². The van der Waals surface area contributed by atoms with E-state index in [9.17, 15) is 9.59 Å². The van der Waals surface area contributed by atoms with E-state index in [4.69, 9.17) is 0 Å². The second-order valence-electron chi connectivity index (χ2n) is 4.43. The summed E-state index contributed by atoms with van der Waals surface area (Å²) in [5, 5.41) is 6.09. The van der Waals surface area contributed by atoms with E-state index in [0.717, 1.165) is 24.5 Å². The minimum atomic E-state index is -0.776. The van der Waals surface area contributed by atoms with Crippen LogP contribution in [-0.4, -0.2) is 26.3 Å². The van der Waals surface area contributed by atoms with Gasteiger partial charge in [-0.1, -0.05) is 24.8 Å². The highest BCUT2D eigenvalue weighted by Crippen LogP contribution is 2.18. The van der Waals surface area contributed by atoms with Crippen molar-refractivity contribution in [3.63, 3.8) is 0 Å². The smallest absolute Gasteiger partial charge is 0.339 e. The Hall–Kier alpha value is -2.09. The summed E-state index contributed by atoms with van der Waals surface area (Å²) in [6.07, 6.45) is 1.03. The maximum absolute atomic E-state index is 11.3. The van der Waals surface area contributed by atoms with Gasteiger partial charge in [-0.25, -0.2) is 4.98 Å². The molecule has 0 bridgehead atoms. The maximum Gasteiger partial charge on any atom is 0.339 e. The molecule has 2 rings (SSSR count). The zero-order valence-corrected chi connectivity index (χ0v) is 12.7. The molecule has 0 saturated heterocycles. The van der Waals surface area contributed by atoms with Crippen LogP contribution >= 0.6 is 11.8 Å². The molecule has 112 valence electrons. The third-order valence-electron chi connectivity index (χ3n) is 2.66. The number of thioether (sulfide) groups is 1. The highest BCUT2D eigenvalue weighted by molar-refractivity contribution is 7.98. The van der Waals surface area contributed by atoms with Crippen molar-refractivity contribution in [1.82, 2.24) is 19.7 Å². The van der Waals surface area contributed by atoms with Gasteiger partial charge in [-0.2, -0.15) is 4.98 Å². The first-order valence-electron chi connectivity index (χ1n) is 6.60. The van der Waals surface area contributed by atoms with Crippen LogP contribution in [0, 0.1) is 0 Å². The first-order chi connectivity index (χ1) is 10.1. The molecular formula is C13H17N5O2S. The Morgan fingerprint density at radius 3 is 2.90 bits per heavy atom. The van der Waals surface area contributed by atoms with Gasteiger partial charge in [0.2, 0.25) is 0 Å². The summed E-state index contributed by atoms with van der Waals surface area (Å²) in [5.74, 6) is 1.40. The number of aryl methyl sites for hydroxylation is 1. The van der Waals surface area contributed by atoms with Crippen LogP contribution in [0.5, 0.6) is 0 Å². The van der Waals surface area contributed by atoms with Crippen molar-refractivity contribution < 1.29 is 0 Å². The molecule has 0 aliphatic heterocycles. The molecule has 0 fully saturated rings. The lowest BCUT2D eigenvalue weighted by molar-refractivity contribution is 0.596. The van der Waals surface area contributed by atoms with Gasteiger partial charge in [0.15, 0.2) is 5.16 Å². The zero-order valence-electron chi connectivity index (χ0n) is 11.9. The Kier molecular flexibility index (Phi) is 5.15. The van der Waals surface area contributed by atoms with Gasteiger partial charge in [0.1, 0.15) is 5.82 Å². The summed E-state index contributed by atoms with van der Waals surface area (Å²) < 4.78 is 1.44. The van der Waals surface area contributed by atoms with E-state index in [1.807, 2.05) is 18.2 Å². The van der Waals surface area contributed by atoms with E-state index in [0.29, 0.717) is 10.9 Å². The summed E-state index contributed by atoms with van der Waals surface area (Å²) in [4.78, 5) is 30.6. The fourth-order valence-corrected chi connectivity index (χ4v) is 2.46. The van der Waals surface area contributed by atoms with Crippen LogP contribution in [-0.2, 0) is 12.8 Å². The number of aromatic amines is 1. The van der Waals surface area contributed by atoms with Crippen molar-refractivity contribution in [2.45, 2.75) is 24.3 Å². The van der Waals surface area contributed by atoms with Gasteiger partial charge in [-0.15, -0.1) is 0 Å². The topological polar surface area (TPSA) is 92.7 Å². The Balaban J connectivity index is 2.08. The molecule has 0 spiro atoms. The second kappa shape index (κ2) is 7.07. The average molecular weight is 307 g/mol. The van der Waals surface area contributed by atoms with Gasteiger partial charge in [0.25, 0.3) is 0 Å². The predicted octanol–water partition coefficient (Wildman–Crippen LogP) is 0.978. The molecule has 7 nitrogen and oxygen atoms in total.